The molecule has 0 amide bonds. The van der Waals surface area contributed by atoms with Crippen LogP contribution in [0.2, 0.25) is 0 Å². The average molecular weight is 250 g/mol. The molecule has 1 aromatic carbocycles. The average Bonchev–Trinajstić information content (AvgIpc) is 2.77. The summed E-state index contributed by atoms with van der Waals surface area (Å²) in [6, 6.07) is 5.67. The lowest BCUT2D eigenvalue weighted by Gasteiger charge is -2.27. The molecule has 18 heavy (non-hydrogen) atoms. The van der Waals surface area contributed by atoms with Crippen LogP contribution >= 0.6 is 0 Å². The molecule has 0 aromatic heterocycles. The fraction of sp³-hybridized carbons (Fsp3) is 0.600. The second-order valence-corrected chi connectivity index (χ2v) is 5.06. The lowest BCUT2D eigenvalue weighted by molar-refractivity contribution is 0.552. The first-order valence-corrected chi connectivity index (χ1v) is 6.98. The number of anilines is 1. The largest absolute Gasteiger partial charge is 0.368 e. The van der Waals surface area contributed by atoms with E-state index in [2.05, 4.69) is 24.1 Å². The van der Waals surface area contributed by atoms with Gasteiger partial charge in [-0.1, -0.05) is 13.0 Å². The monoisotopic (exact) mass is 250 g/mol. The van der Waals surface area contributed by atoms with Crippen LogP contribution in [0.1, 0.15) is 32.3 Å². The Bertz CT molecular complexity index is 392. The number of fused-ring (bicyclic) bond motifs is 1. The standard InChI is InChI=1S/C15H23FN2/c1-3-17-9-4-5-12(2)18-10-8-13-6-7-14(16)11-15(13)18/h6-7,11-12,17H,3-5,8-10H2,1-2H3. The van der Waals surface area contributed by atoms with E-state index in [9.17, 15) is 4.39 Å². The summed E-state index contributed by atoms with van der Waals surface area (Å²) in [6.45, 7) is 7.51. The van der Waals surface area contributed by atoms with E-state index in [1.807, 2.05) is 6.07 Å². The van der Waals surface area contributed by atoms with Gasteiger partial charge >= 0.3 is 0 Å². The Kier molecular flexibility index (Phi) is 4.59. The normalized spacial score (nSPS) is 15.8. The van der Waals surface area contributed by atoms with Gasteiger partial charge < -0.3 is 10.2 Å². The molecule has 0 bridgehead atoms. The zero-order valence-corrected chi connectivity index (χ0v) is 11.4. The molecule has 1 unspecified atom stereocenters. The third kappa shape index (κ3) is 3.02. The number of hydrogen-bond donors (Lipinski definition) is 1. The predicted molar refractivity (Wildman–Crippen MR) is 74.7 cm³/mol. The van der Waals surface area contributed by atoms with Crippen molar-refractivity contribution in [3.05, 3.63) is 29.6 Å². The summed E-state index contributed by atoms with van der Waals surface area (Å²) >= 11 is 0. The van der Waals surface area contributed by atoms with Crippen molar-refractivity contribution in [3.8, 4) is 0 Å². The van der Waals surface area contributed by atoms with Crippen LogP contribution in [0.3, 0.4) is 0 Å². The van der Waals surface area contributed by atoms with Crippen molar-refractivity contribution in [1.29, 1.82) is 0 Å². The summed E-state index contributed by atoms with van der Waals surface area (Å²) < 4.78 is 13.3. The molecule has 1 aliphatic rings. The topological polar surface area (TPSA) is 15.3 Å². The van der Waals surface area contributed by atoms with Gasteiger partial charge in [-0.25, -0.2) is 4.39 Å². The van der Waals surface area contributed by atoms with Crippen molar-refractivity contribution in [3.63, 3.8) is 0 Å². The Morgan fingerprint density at radius 2 is 2.28 bits per heavy atom. The van der Waals surface area contributed by atoms with Crippen LogP contribution in [0.15, 0.2) is 18.2 Å². The van der Waals surface area contributed by atoms with E-state index in [1.165, 1.54) is 12.0 Å². The van der Waals surface area contributed by atoms with Gasteiger partial charge in [0.15, 0.2) is 0 Å². The molecule has 0 saturated heterocycles. The highest BCUT2D eigenvalue weighted by atomic mass is 19.1. The summed E-state index contributed by atoms with van der Waals surface area (Å²) in [5.41, 5.74) is 2.39. The minimum absolute atomic E-state index is 0.125. The van der Waals surface area contributed by atoms with Crippen molar-refractivity contribution in [1.82, 2.24) is 5.32 Å². The van der Waals surface area contributed by atoms with Crippen LogP contribution < -0.4 is 10.2 Å². The van der Waals surface area contributed by atoms with Gasteiger partial charge in [0, 0.05) is 18.3 Å². The molecular weight excluding hydrogens is 227 g/mol. The van der Waals surface area contributed by atoms with E-state index in [0.717, 1.165) is 38.2 Å². The minimum Gasteiger partial charge on any atom is -0.368 e. The Labute approximate surface area is 109 Å². The van der Waals surface area contributed by atoms with Gasteiger partial charge in [0.2, 0.25) is 0 Å². The lowest BCUT2D eigenvalue weighted by atomic mass is 10.1. The molecule has 2 nitrogen and oxygen atoms in total. The summed E-state index contributed by atoms with van der Waals surface area (Å²) in [5, 5.41) is 3.34. The summed E-state index contributed by atoms with van der Waals surface area (Å²) in [7, 11) is 0. The van der Waals surface area contributed by atoms with Crippen LogP contribution in [0.25, 0.3) is 0 Å². The van der Waals surface area contributed by atoms with Crippen molar-refractivity contribution < 1.29 is 4.39 Å². The van der Waals surface area contributed by atoms with Gasteiger partial charge in [0.05, 0.1) is 0 Å². The summed E-state index contributed by atoms with van der Waals surface area (Å²) in [5.74, 6) is -0.125. The summed E-state index contributed by atoms with van der Waals surface area (Å²) in [4.78, 5) is 2.35. The Morgan fingerprint density at radius 3 is 3.06 bits per heavy atom. The van der Waals surface area contributed by atoms with Gasteiger partial charge in [0.1, 0.15) is 5.82 Å². The Hall–Kier alpha value is -1.09. The molecule has 0 aliphatic carbocycles. The van der Waals surface area contributed by atoms with Crippen molar-refractivity contribution >= 4 is 5.69 Å². The zero-order chi connectivity index (χ0) is 13.0. The van der Waals surface area contributed by atoms with Gasteiger partial charge in [0.25, 0.3) is 0 Å². The van der Waals surface area contributed by atoms with Crippen LogP contribution in [-0.4, -0.2) is 25.7 Å². The lowest BCUT2D eigenvalue weighted by Crippen LogP contribution is -2.32. The van der Waals surface area contributed by atoms with Crippen molar-refractivity contribution in [2.75, 3.05) is 24.5 Å². The van der Waals surface area contributed by atoms with E-state index < -0.39 is 0 Å². The fourth-order valence-corrected chi connectivity index (χ4v) is 2.69. The number of hydrogen-bond acceptors (Lipinski definition) is 2. The molecule has 1 aliphatic heterocycles. The van der Waals surface area contributed by atoms with Gasteiger partial charge in [-0.15, -0.1) is 0 Å². The molecule has 3 heteroatoms. The molecule has 1 N–H and O–H groups in total. The molecule has 0 spiro atoms. The maximum atomic E-state index is 13.3. The molecule has 1 heterocycles. The van der Waals surface area contributed by atoms with Crippen LogP contribution in [0.5, 0.6) is 0 Å². The molecule has 0 saturated carbocycles. The first kappa shape index (κ1) is 13.3. The molecular formula is C15H23FN2. The number of benzene rings is 1. The Balaban J connectivity index is 1.93. The quantitative estimate of drug-likeness (QED) is 0.781. The molecule has 0 fully saturated rings. The first-order chi connectivity index (χ1) is 8.72. The highest BCUT2D eigenvalue weighted by Gasteiger charge is 2.23. The number of halogens is 1. The third-order valence-electron chi connectivity index (χ3n) is 3.74. The second-order valence-electron chi connectivity index (χ2n) is 5.06. The molecule has 1 aromatic rings. The predicted octanol–water partition coefficient (Wildman–Crippen LogP) is 2.97. The highest BCUT2D eigenvalue weighted by Crippen LogP contribution is 2.31. The van der Waals surface area contributed by atoms with E-state index >= 15 is 0 Å². The van der Waals surface area contributed by atoms with E-state index in [-0.39, 0.29) is 5.82 Å². The van der Waals surface area contributed by atoms with E-state index in [0.29, 0.717) is 6.04 Å². The zero-order valence-electron chi connectivity index (χ0n) is 11.4. The summed E-state index contributed by atoms with van der Waals surface area (Å²) in [6.07, 6.45) is 3.38. The minimum atomic E-state index is -0.125. The molecule has 2 rings (SSSR count). The number of rotatable bonds is 6. The van der Waals surface area contributed by atoms with Crippen molar-refractivity contribution in [2.24, 2.45) is 0 Å². The van der Waals surface area contributed by atoms with E-state index in [1.54, 1.807) is 12.1 Å². The smallest absolute Gasteiger partial charge is 0.125 e. The van der Waals surface area contributed by atoms with Crippen LogP contribution in [0.4, 0.5) is 10.1 Å². The number of nitrogens with zero attached hydrogens (tertiary/aromatic N) is 1. The van der Waals surface area contributed by atoms with E-state index in [4.69, 9.17) is 0 Å². The number of nitrogens with one attached hydrogen (secondary N) is 1. The first-order valence-electron chi connectivity index (χ1n) is 6.98. The molecule has 1 atom stereocenters. The molecule has 0 radical (unpaired) electrons. The van der Waals surface area contributed by atoms with Crippen molar-refractivity contribution in [2.45, 2.75) is 39.2 Å². The Morgan fingerprint density at radius 1 is 1.44 bits per heavy atom. The highest BCUT2D eigenvalue weighted by molar-refractivity contribution is 5.58. The van der Waals surface area contributed by atoms with Crippen LogP contribution in [0, 0.1) is 5.82 Å². The fourth-order valence-electron chi connectivity index (χ4n) is 2.69. The third-order valence-corrected chi connectivity index (χ3v) is 3.74. The molecule has 100 valence electrons. The van der Waals surface area contributed by atoms with Crippen LogP contribution in [-0.2, 0) is 6.42 Å². The SMILES string of the molecule is CCNCCCC(C)N1CCc2ccc(F)cc21. The van der Waals surface area contributed by atoms with Gasteiger partial charge in [-0.05, 0) is 57.0 Å². The maximum absolute atomic E-state index is 13.3. The second kappa shape index (κ2) is 6.19. The maximum Gasteiger partial charge on any atom is 0.125 e. The van der Waals surface area contributed by atoms with Gasteiger partial charge in [-0.2, -0.15) is 0 Å². The van der Waals surface area contributed by atoms with Gasteiger partial charge in [-0.3, -0.25) is 0 Å².